The maximum absolute atomic E-state index is 14.6. The molecule has 0 radical (unpaired) electrons. The van der Waals surface area contributed by atoms with Crippen LogP contribution in [0.25, 0.3) is 22.3 Å². The minimum absolute atomic E-state index is 0.0927. The molecule has 11 nitrogen and oxygen atoms in total. The zero-order valence-electron chi connectivity index (χ0n) is 22.0. The smallest absolute Gasteiger partial charge is 0.257 e. The van der Waals surface area contributed by atoms with E-state index in [0.29, 0.717) is 25.2 Å². The Hall–Kier alpha value is -4.58. The molecule has 5 heterocycles. The van der Waals surface area contributed by atoms with Crippen LogP contribution in [-0.2, 0) is 11.8 Å². The number of nitrogens with zero attached hydrogens (tertiary/aromatic N) is 5. The Morgan fingerprint density at radius 2 is 2.00 bits per heavy atom. The van der Waals surface area contributed by atoms with E-state index in [1.165, 1.54) is 18.3 Å². The van der Waals surface area contributed by atoms with Gasteiger partial charge in [0.05, 0.1) is 23.1 Å². The standard InChI is InChI=1S/C28H29FN8O3/c1-35-15-20(14-32-35)23-12-18-10-19(13-31-26(18)33-23)28(40)34-24-11-17(2-4-22(24)29)27(39)30-6-7-36-8-9-37-21(16-36)3-5-25(37)38/h2,4,10-15,21H,3,5-9,16H2,1H3,(H,30,39)(H,31,33)(H,34,40). The van der Waals surface area contributed by atoms with Crippen molar-refractivity contribution in [2.75, 3.05) is 38.0 Å². The molecule has 3 amide bonds. The molecule has 12 heteroatoms. The molecule has 2 aliphatic heterocycles. The van der Waals surface area contributed by atoms with Crippen molar-refractivity contribution in [3.8, 4) is 11.3 Å². The third-order valence-corrected chi connectivity index (χ3v) is 7.52. The predicted octanol–water partition coefficient (Wildman–Crippen LogP) is 2.39. The van der Waals surface area contributed by atoms with E-state index in [-0.39, 0.29) is 34.7 Å². The summed E-state index contributed by atoms with van der Waals surface area (Å²) in [5, 5.41) is 10.3. The van der Waals surface area contributed by atoms with Gasteiger partial charge in [0.15, 0.2) is 0 Å². The fourth-order valence-corrected chi connectivity index (χ4v) is 5.37. The number of rotatable bonds is 7. The van der Waals surface area contributed by atoms with Crippen molar-refractivity contribution in [2.24, 2.45) is 7.05 Å². The lowest BCUT2D eigenvalue weighted by Gasteiger charge is -2.37. The molecule has 1 aromatic carbocycles. The van der Waals surface area contributed by atoms with Gasteiger partial charge in [-0.3, -0.25) is 24.0 Å². The highest BCUT2D eigenvalue weighted by Crippen LogP contribution is 2.25. The quantitative estimate of drug-likeness (QED) is 0.328. The average molecular weight is 545 g/mol. The number of benzene rings is 1. The van der Waals surface area contributed by atoms with Gasteiger partial charge in [-0.1, -0.05) is 0 Å². The first-order chi connectivity index (χ1) is 19.3. The molecule has 0 aliphatic carbocycles. The molecule has 40 heavy (non-hydrogen) atoms. The van der Waals surface area contributed by atoms with Gasteiger partial charge in [-0.2, -0.15) is 5.10 Å². The number of aromatic nitrogens is 4. The number of anilines is 1. The number of amides is 3. The number of fused-ring (bicyclic) bond motifs is 2. The van der Waals surface area contributed by atoms with Gasteiger partial charge in [0.25, 0.3) is 11.8 Å². The monoisotopic (exact) mass is 544 g/mol. The molecule has 6 rings (SSSR count). The zero-order valence-corrected chi connectivity index (χ0v) is 22.0. The van der Waals surface area contributed by atoms with Crippen LogP contribution in [0.1, 0.15) is 33.6 Å². The van der Waals surface area contributed by atoms with Gasteiger partial charge in [0.1, 0.15) is 11.5 Å². The van der Waals surface area contributed by atoms with E-state index in [1.54, 1.807) is 16.9 Å². The molecule has 1 unspecified atom stereocenters. The Morgan fingerprint density at radius 1 is 1.12 bits per heavy atom. The van der Waals surface area contributed by atoms with Gasteiger partial charge in [-0.15, -0.1) is 0 Å². The van der Waals surface area contributed by atoms with E-state index in [4.69, 9.17) is 0 Å². The number of halogens is 1. The van der Waals surface area contributed by atoms with Crippen molar-refractivity contribution in [3.63, 3.8) is 0 Å². The number of piperazine rings is 1. The van der Waals surface area contributed by atoms with E-state index in [2.05, 4.69) is 30.6 Å². The summed E-state index contributed by atoms with van der Waals surface area (Å²) >= 11 is 0. The first-order valence-corrected chi connectivity index (χ1v) is 13.2. The average Bonchev–Trinajstić information content (AvgIpc) is 3.67. The fraction of sp³-hybridized carbons (Fsp3) is 0.321. The van der Waals surface area contributed by atoms with E-state index in [0.717, 1.165) is 48.8 Å². The van der Waals surface area contributed by atoms with Crippen LogP contribution < -0.4 is 10.6 Å². The maximum atomic E-state index is 14.6. The van der Waals surface area contributed by atoms with Crippen LogP contribution >= 0.6 is 0 Å². The third kappa shape index (κ3) is 5.17. The summed E-state index contributed by atoms with van der Waals surface area (Å²) in [5.41, 5.74) is 2.71. The first-order valence-electron chi connectivity index (χ1n) is 13.2. The molecule has 2 aliphatic rings. The minimum atomic E-state index is -0.650. The number of carbonyl (C=O) groups excluding carboxylic acids is 3. The number of hydrogen-bond donors (Lipinski definition) is 3. The van der Waals surface area contributed by atoms with Gasteiger partial charge >= 0.3 is 0 Å². The lowest BCUT2D eigenvalue weighted by atomic mass is 10.1. The largest absolute Gasteiger partial charge is 0.351 e. The van der Waals surface area contributed by atoms with Gasteiger partial charge in [0.2, 0.25) is 5.91 Å². The summed E-state index contributed by atoms with van der Waals surface area (Å²) in [5.74, 6) is -1.32. The van der Waals surface area contributed by atoms with Gasteiger partial charge in [0, 0.05) is 81.1 Å². The zero-order chi connectivity index (χ0) is 27.8. The Kier molecular flexibility index (Phi) is 6.76. The number of H-pyrrole nitrogens is 1. The summed E-state index contributed by atoms with van der Waals surface area (Å²) in [7, 11) is 1.83. The molecule has 3 N–H and O–H groups in total. The number of nitrogens with one attached hydrogen (secondary N) is 3. The van der Waals surface area contributed by atoms with Gasteiger partial charge < -0.3 is 20.5 Å². The second-order valence-corrected chi connectivity index (χ2v) is 10.2. The minimum Gasteiger partial charge on any atom is -0.351 e. The van der Waals surface area contributed by atoms with Crippen LogP contribution in [0.2, 0.25) is 0 Å². The molecule has 3 aromatic heterocycles. The Bertz CT molecular complexity index is 1610. The lowest BCUT2D eigenvalue weighted by Crippen LogP contribution is -2.52. The maximum Gasteiger partial charge on any atom is 0.257 e. The molecular weight excluding hydrogens is 515 g/mol. The Morgan fingerprint density at radius 3 is 2.83 bits per heavy atom. The molecule has 4 aromatic rings. The van der Waals surface area contributed by atoms with E-state index in [9.17, 15) is 18.8 Å². The lowest BCUT2D eigenvalue weighted by molar-refractivity contribution is -0.130. The third-order valence-electron chi connectivity index (χ3n) is 7.52. The van der Waals surface area contributed by atoms with Crippen LogP contribution in [0.4, 0.5) is 10.1 Å². The summed E-state index contributed by atoms with van der Waals surface area (Å²) in [4.78, 5) is 49.3. The van der Waals surface area contributed by atoms with Crippen LogP contribution in [0.5, 0.6) is 0 Å². The van der Waals surface area contributed by atoms with Crippen LogP contribution in [0.3, 0.4) is 0 Å². The van der Waals surface area contributed by atoms with Crippen molar-refractivity contribution in [3.05, 3.63) is 65.9 Å². The number of aryl methyl sites for hydroxylation is 1. The van der Waals surface area contributed by atoms with E-state index >= 15 is 0 Å². The summed E-state index contributed by atoms with van der Waals surface area (Å²) < 4.78 is 16.3. The molecule has 0 spiro atoms. The van der Waals surface area contributed by atoms with Crippen molar-refractivity contribution < 1.29 is 18.8 Å². The molecule has 206 valence electrons. The van der Waals surface area contributed by atoms with Crippen LogP contribution in [0.15, 0.2) is 48.9 Å². The highest BCUT2D eigenvalue weighted by atomic mass is 19.1. The molecule has 0 bridgehead atoms. The van der Waals surface area contributed by atoms with E-state index in [1.807, 2.05) is 24.2 Å². The summed E-state index contributed by atoms with van der Waals surface area (Å²) in [6.45, 7) is 3.38. The number of aromatic amines is 1. The Balaban J connectivity index is 1.07. The molecule has 0 saturated carbocycles. The van der Waals surface area contributed by atoms with Crippen molar-refractivity contribution >= 4 is 34.4 Å². The SMILES string of the molecule is Cn1cc(-c2cc3cc(C(=O)Nc4cc(C(=O)NCCN5CCN6C(=O)CCC6C5)ccc4F)cnc3[nH]2)cn1. The fourth-order valence-electron chi connectivity index (χ4n) is 5.37. The number of hydrogen-bond acceptors (Lipinski definition) is 6. The molecular formula is C28H29FN8O3. The first kappa shape index (κ1) is 25.7. The van der Waals surface area contributed by atoms with Gasteiger partial charge in [-0.25, -0.2) is 9.37 Å². The van der Waals surface area contributed by atoms with Crippen molar-refractivity contribution in [1.29, 1.82) is 0 Å². The van der Waals surface area contributed by atoms with Gasteiger partial charge in [-0.05, 0) is 36.8 Å². The number of carbonyl (C=O) groups is 3. The predicted molar refractivity (Wildman–Crippen MR) is 146 cm³/mol. The molecule has 1 atom stereocenters. The summed E-state index contributed by atoms with van der Waals surface area (Å²) in [6.07, 6.45) is 6.50. The van der Waals surface area contributed by atoms with Crippen molar-refractivity contribution in [1.82, 2.24) is 34.9 Å². The second kappa shape index (κ2) is 10.5. The Labute approximate surface area is 229 Å². The van der Waals surface area contributed by atoms with Crippen LogP contribution in [0, 0.1) is 5.82 Å². The molecule has 2 saturated heterocycles. The highest BCUT2D eigenvalue weighted by Gasteiger charge is 2.35. The van der Waals surface area contributed by atoms with E-state index < -0.39 is 11.7 Å². The topological polar surface area (TPSA) is 128 Å². The normalized spacial score (nSPS) is 17.3. The number of pyridine rings is 1. The van der Waals surface area contributed by atoms with Crippen molar-refractivity contribution in [2.45, 2.75) is 18.9 Å². The second-order valence-electron chi connectivity index (χ2n) is 10.2. The summed E-state index contributed by atoms with van der Waals surface area (Å²) in [6, 6.07) is 7.68. The van der Waals surface area contributed by atoms with Crippen LogP contribution in [-0.4, -0.2) is 86.0 Å². The highest BCUT2D eigenvalue weighted by molar-refractivity contribution is 6.06. The molecule has 2 fully saturated rings.